The molecule has 1 atom stereocenters. The van der Waals surface area contributed by atoms with Crippen LogP contribution in [0.25, 0.3) is 22.0 Å². The summed E-state index contributed by atoms with van der Waals surface area (Å²) in [4.78, 5) is 18.6. The molecule has 3 aromatic rings. The number of amides is 1. The van der Waals surface area contributed by atoms with E-state index >= 15 is 0 Å². The number of rotatable bonds is 5. The molecule has 2 heterocycles. The maximum absolute atomic E-state index is 12.0. The predicted molar refractivity (Wildman–Crippen MR) is 130 cm³/mol. The lowest BCUT2D eigenvalue weighted by Crippen LogP contribution is -2.34. The molecular weight excluding hydrogens is 448 g/mol. The summed E-state index contributed by atoms with van der Waals surface area (Å²) in [5.41, 5.74) is 4.86. The molecule has 34 heavy (non-hydrogen) atoms. The molecule has 1 aromatic heterocycles. The maximum Gasteiger partial charge on any atom is 0.248 e. The van der Waals surface area contributed by atoms with Crippen molar-refractivity contribution in [2.24, 2.45) is 0 Å². The van der Waals surface area contributed by atoms with Crippen molar-refractivity contribution in [3.05, 3.63) is 53.1 Å². The Bertz CT molecular complexity index is 1300. The molecule has 8 heteroatoms. The van der Waals surface area contributed by atoms with Crippen LogP contribution in [0.3, 0.4) is 0 Å². The zero-order chi connectivity index (χ0) is 23.9. The highest BCUT2D eigenvalue weighted by molar-refractivity contribution is 7.09. The van der Waals surface area contributed by atoms with Gasteiger partial charge in [0.25, 0.3) is 0 Å². The lowest BCUT2D eigenvalue weighted by atomic mass is 9.81. The van der Waals surface area contributed by atoms with Crippen LogP contribution in [0.5, 0.6) is 5.75 Å². The van der Waals surface area contributed by atoms with Gasteiger partial charge in [-0.3, -0.25) is 4.79 Å². The Labute approximate surface area is 202 Å². The smallest absolute Gasteiger partial charge is 0.248 e. The van der Waals surface area contributed by atoms with Crippen LogP contribution in [0.4, 0.5) is 0 Å². The second-order valence-electron chi connectivity index (χ2n) is 9.25. The van der Waals surface area contributed by atoms with E-state index in [9.17, 15) is 15.2 Å². The minimum atomic E-state index is -0.436. The molecule has 5 rings (SSSR count). The number of nitriles is 1. The monoisotopic (exact) mass is 474 g/mol. The van der Waals surface area contributed by atoms with E-state index in [4.69, 9.17) is 9.72 Å². The normalized spacial score (nSPS) is 19.0. The fraction of sp³-hybridized carbons (Fsp3) is 0.385. The van der Waals surface area contributed by atoms with Gasteiger partial charge >= 0.3 is 0 Å². The maximum atomic E-state index is 12.0. The number of aliphatic hydroxyl groups excluding tert-OH is 1. The van der Waals surface area contributed by atoms with E-state index in [0.717, 1.165) is 35.4 Å². The Morgan fingerprint density at radius 1 is 1.32 bits per heavy atom. The van der Waals surface area contributed by atoms with Crippen LogP contribution in [0, 0.1) is 11.3 Å². The SMILES string of the molecule is CC(C)Oc1ccc(-c2nsc(-c3cccc4c3CCC43CCN(C(=O)CO)C3)n2)cc1C#N. The molecule has 174 valence electrons. The summed E-state index contributed by atoms with van der Waals surface area (Å²) in [6.07, 6.45) is 2.82. The van der Waals surface area contributed by atoms with Gasteiger partial charge in [-0.2, -0.15) is 9.64 Å². The van der Waals surface area contributed by atoms with E-state index in [1.807, 2.05) is 19.9 Å². The topological polar surface area (TPSA) is 99.3 Å². The Balaban J connectivity index is 1.45. The number of aliphatic hydroxyl groups is 1. The van der Waals surface area contributed by atoms with Crippen LogP contribution in [0.2, 0.25) is 0 Å². The molecule has 2 aliphatic rings. The molecule has 1 aliphatic carbocycles. The van der Waals surface area contributed by atoms with Gasteiger partial charge in [0.2, 0.25) is 5.91 Å². The third-order valence-corrected chi connectivity index (χ3v) is 7.57. The Morgan fingerprint density at radius 3 is 2.94 bits per heavy atom. The number of hydrogen-bond acceptors (Lipinski definition) is 7. The molecule has 1 N–H and O–H groups in total. The third kappa shape index (κ3) is 3.85. The summed E-state index contributed by atoms with van der Waals surface area (Å²) in [7, 11) is 0. The molecule has 1 amide bonds. The van der Waals surface area contributed by atoms with E-state index in [2.05, 4.69) is 28.6 Å². The average Bonchev–Trinajstić information content (AvgIpc) is 3.58. The van der Waals surface area contributed by atoms with Crippen molar-refractivity contribution in [1.82, 2.24) is 14.3 Å². The van der Waals surface area contributed by atoms with E-state index in [0.29, 0.717) is 30.2 Å². The van der Waals surface area contributed by atoms with Crippen molar-refractivity contribution >= 4 is 17.4 Å². The van der Waals surface area contributed by atoms with Gasteiger partial charge in [0.05, 0.1) is 11.7 Å². The van der Waals surface area contributed by atoms with Crippen molar-refractivity contribution in [3.8, 4) is 33.8 Å². The fourth-order valence-electron chi connectivity index (χ4n) is 5.22. The molecular formula is C26H26N4O3S. The number of likely N-dealkylation sites (tertiary alicyclic amines) is 1. The zero-order valence-corrected chi connectivity index (χ0v) is 20.1. The van der Waals surface area contributed by atoms with Gasteiger partial charge in [-0.15, -0.1) is 0 Å². The van der Waals surface area contributed by atoms with Crippen molar-refractivity contribution in [1.29, 1.82) is 5.26 Å². The van der Waals surface area contributed by atoms with Gasteiger partial charge in [0, 0.05) is 29.6 Å². The van der Waals surface area contributed by atoms with Crippen LogP contribution in [0.15, 0.2) is 36.4 Å². The first kappa shape index (κ1) is 22.5. The molecule has 0 radical (unpaired) electrons. The molecule has 1 fully saturated rings. The molecule has 0 saturated carbocycles. The van der Waals surface area contributed by atoms with Crippen molar-refractivity contribution in [3.63, 3.8) is 0 Å². The third-order valence-electron chi connectivity index (χ3n) is 6.82. The largest absolute Gasteiger partial charge is 0.490 e. The summed E-state index contributed by atoms with van der Waals surface area (Å²) in [6, 6.07) is 14.0. The predicted octanol–water partition coefficient (Wildman–Crippen LogP) is 3.94. The quantitative estimate of drug-likeness (QED) is 0.601. The zero-order valence-electron chi connectivity index (χ0n) is 19.2. The summed E-state index contributed by atoms with van der Waals surface area (Å²) in [6.45, 7) is 4.77. The van der Waals surface area contributed by atoms with Gasteiger partial charge < -0.3 is 14.7 Å². The summed E-state index contributed by atoms with van der Waals surface area (Å²) < 4.78 is 10.3. The number of aromatic nitrogens is 2. The summed E-state index contributed by atoms with van der Waals surface area (Å²) in [5.74, 6) is 0.962. The first-order valence-corrected chi connectivity index (χ1v) is 12.3. The van der Waals surface area contributed by atoms with Gasteiger partial charge in [0.15, 0.2) is 5.82 Å². The Kier molecular flexibility index (Phi) is 5.84. The highest BCUT2D eigenvalue weighted by atomic mass is 32.1. The molecule has 1 spiro atoms. The first-order valence-electron chi connectivity index (χ1n) is 11.5. The molecule has 1 saturated heterocycles. The number of fused-ring (bicyclic) bond motifs is 2. The second-order valence-corrected chi connectivity index (χ2v) is 10.00. The van der Waals surface area contributed by atoms with Crippen LogP contribution in [-0.2, 0) is 16.6 Å². The molecule has 2 aromatic carbocycles. The number of carbonyl (C=O) groups excluding carboxylic acids is 1. The first-order chi connectivity index (χ1) is 16.4. The van der Waals surface area contributed by atoms with E-state index < -0.39 is 6.61 Å². The number of hydrogen-bond donors (Lipinski definition) is 1. The lowest BCUT2D eigenvalue weighted by molar-refractivity contribution is -0.133. The number of carbonyl (C=O) groups is 1. The Hall–Kier alpha value is -3.28. The van der Waals surface area contributed by atoms with Crippen LogP contribution < -0.4 is 4.74 Å². The Morgan fingerprint density at radius 2 is 2.18 bits per heavy atom. The molecule has 1 unspecified atom stereocenters. The average molecular weight is 475 g/mol. The highest BCUT2D eigenvalue weighted by Gasteiger charge is 2.45. The van der Waals surface area contributed by atoms with E-state index in [1.54, 1.807) is 17.0 Å². The van der Waals surface area contributed by atoms with Crippen molar-refractivity contribution < 1.29 is 14.6 Å². The van der Waals surface area contributed by atoms with Gasteiger partial charge in [-0.1, -0.05) is 18.2 Å². The summed E-state index contributed by atoms with van der Waals surface area (Å²) in [5, 5.41) is 19.7. The second kappa shape index (κ2) is 8.82. The van der Waals surface area contributed by atoms with Crippen molar-refractivity contribution in [2.45, 2.75) is 44.6 Å². The number of ether oxygens (including phenoxy) is 1. The molecule has 0 bridgehead atoms. The van der Waals surface area contributed by atoms with Crippen molar-refractivity contribution in [2.75, 3.05) is 19.7 Å². The number of benzene rings is 2. The van der Waals surface area contributed by atoms with Gasteiger partial charge in [0.1, 0.15) is 23.4 Å². The summed E-state index contributed by atoms with van der Waals surface area (Å²) >= 11 is 1.36. The van der Waals surface area contributed by atoms with Gasteiger partial charge in [-0.25, -0.2) is 4.98 Å². The lowest BCUT2D eigenvalue weighted by Gasteiger charge is -2.25. The van der Waals surface area contributed by atoms with E-state index in [1.165, 1.54) is 22.7 Å². The molecule has 7 nitrogen and oxygen atoms in total. The number of nitrogens with zero attached hydrogens (tertiary/aromatic N) is 4. The van der Waals surface area contributed by atoms with Gasteiger partial charge in [-0.05, 0) is 74.0 Å². The minimum absolute atomic E-state index is 0.0147. The van der Waals surface area contributed by atoms with Crippen LogP contribution in [0.1, 0.15) is 43.4 Å². The molecule has 1 aliphatic heterocycles. The standard InChI is InChI=1S/C26H26N4O3S/c1-16(2)33-22-7-6-17(12-18(22)13-27)24-28-25(34-29-24)20-4-3-5-21-19(20)8-9-26(21)10-11-30(15-26)23(32)14-31/h3-7,12,16,31H,8-11,14-15H2,1-2H3. The van der Waals surface area contributed by atoms with Crippen LogP contribution >= 0.6 is 11.5 Å². The van der Waals surface area contributed by atoms with E-state index in [-0.39, 0.29) is 17.4 Å². The highest BCUT2D eigenvalue weighted by Crippen LogP contribution is 2.48. The van der Waals surface area contributed by atoms with Crippen LogP contribution in [-0.4, -0.2) is 51.1 Å². The fourth-order valence-corrected chi connectivity index (χ4v) is 5.96. The minimum Gasteiger partial charge on any atom is -0.490 e.